The van der Waals surface area contributed by atoms with E-state index in [2.05, 4.69) is 55.6 Å². The fraction of sp³-hybridized carbons (Fsp3) is 0.400. The number of nitrogens with zero attached hydrogens (tertiary/aromatic N) is 2. The lowest BCUT2D eigenvalue weighted by Gasteiger charge is -2.20. The molecular formula is C15H22N4. The molecule has 1 unspecified atom stereocenters. The predicted octanol–water partition coefficient (Wildman–Crippen LogP) is 2.38. The van der Waals surface area contributed by atoms with Crippen LogP contribution in [0.15, 0.2) is 24.3 Å². The summed E-state index contributed by atoms with van der Waals surface area (Å²) in [5.74, 6) is 5.80. The minimum atomic E-state index is -0.0268. The summed E-state index contributed by atoms with van der Waals surface area (Å²) >= 11 is 0. The van der Waals surface area contributed by atoms with Crippen LogP contribution in [0.1, 0.15) is 41.0 Å². The summed E-state index contributed by atoms with van der Waals surface area (Å²) in [5.41, 5.74) is 8.73. The molecule has 3 N–H and O–H groups in total. The molecule has 0 amide bonds. The molecule has 1 aromatic carbocycles. The third kappa shape index (κ3) is 2.69. The van der Waals surface area contributed by atoms with E-state index in [9.17, 15) is 0 Å². The largest absolute Gasteiger partial charge is 0.271 e. The maximum absolute atomic E-state index is 5.80. The zero-order chi connectivity index (χ0) is 14.0. The van der Waals surface area contributed by atoms with Crippen LogP contribution in [0, 0.1) is 20.8 Å². The Balaban J connectivity index is 2.52. The normalized spacial score (nSPS) is 12.7. The summed E-state index contributed by atoms with van der Waals surface area (Å²) in [4.78, 5) is 0. The predicted molar refractivity (Wildman–Crippen MR) is 77.7 cm³/mol. The molecular weight excluding hydrogens is 236 g/mol. The number of nitrogens with one attached hydrogen (secondary N) is 1. The molecule has 4 heteroatoms. The first kappa shape index (κ1) is 13.8. The van der Waals surface area contributed by atoms with E-state index in [1.807, 2.05) is 11.6 Å². The number of aromatic nitrogens is 2. The van der Waals surface area contributed by atoms with Gasteiger partial charge >= 0.3 is 0 Å². The molecule has 0 spiro atoms. The molecule has 0 radical (unpaired) electrons. The van der Waals surface area contributed by atoms with Crippen molar-refractivity contribution in [2.24, 2.45) is 5.84 Å². The monoisotopic (exact) mass is 258 g/mol. The van der Waals surface area contributed by atoms with E-state index in [0.717, 1.165) is 17.9 Å². The molecule has 0 fully saturated rings. The van der Waals surface area contributed by atoms with E-state index in [1.165, 1.54) is 16.7 Å². The van der Waals surface area contributed by atoms with E-state index < -0.39 is 0 Å². The van der Waals surface area contributed by atoms with Crippen molar-refractivity contribution >= 4 is 0 Å². The van der Waals surface area contributed by atoms with Crippen molar-refractivity contribution in [3.8, 4) is 0 Å². The first-order chi connectivity index (χ1) is 9.06. The molecule has 0 saturated heterocycles. The van der Waals surface area contributed by atoms with Crippen molar-refractivity contribution < 1.29 is 0 Å². The van der Waals surface area contributed by atoms with Crippen molar-refractivity contribution in [3.63, 3.8) is 0 Å². The second kappa shape index (κ2) is 5.55. The van der Waals surface area contributed by atoms with Crippen LogP contribution in [0.2, 0.25) is 0 Å². The van der Waals surface area contributed by atoms with Gasteiger partial charge in [-0.15, -0.1) is 0 Å². The van der Waals surface area contributed by atoms with E-state index in [1.54, 1.807) is 0 Å². The second-order valence-corrected chi connectivity index (χ2v) is 4.99. The van der Waals surface area contributed by atoms with Crippen molar-refractivity contribution in [3.05, 3.63) is 52.3 Å². The van der Waals surface area contributed by atoms with Crippen LogP contribution in [-0.2, 0) is 6.54 Å². The minimum Gasteiger partial charge on any atom is -0.271 e. The van der Waals surface area contributed by atoms with Gasteiger partial charge in [0.2, 0.25) is 0 Å². The van der Waals surface area contributed by atoms with Gasteiger partial charge in [0.1, 0.15) is 0 Å². The van der Waals surface area contributed by atoms with E-state index in [4.69, 9.17) is 5.84 Å². The summed E-state index contributed by atoms with van der Waals surface area (Å²) in [6.45, 7) is 9.14. The Kier molecular flexibility index (Phi) is 4.02. The van der Waals surface area contributed by atoms with Crippen molar-refractivity contribution in [2.75, 3.05) is 0 Å². The standard InChI is InChI=1S/C15H22N4/c1-5-19-14(9-12(4)18-19)15(17-16)13-8-10(2)6-7-11(13)3/h6-9,15,17H,5,16H2,1-4H3. The summed E-state index contributed by atoms with van der Waals surface area (Å²) in [5, 5.41) is 4.50. The first-order valence-electron chi connectivity index (χ1n) is 6.64. The Morgan fingerprint density at radius 3 is 2.63 bits per heavy atom. The lowest BCUT2D eigenvalue weighted by atomic mass is 9.97. The number of rotatable bonds is 4. The SMILES string of the molecule is CCn1nc(C)cc1C(NN)c1cc(C)ccc1C. The van der Waals surface area contributed by atoms with Gasteiger partial charge in [-0.3, -0.25) is 10.5 Å². The van der Waals surface area contributed by atoms with Crippen LogP contribution in [0.5, 0.6) is 0 Å². The van der Waals surface area contributed by atoms with E-state index >= 15 is 0 Å². The smallest absolute Gasteiger partial charge is 0.0881 e. The maximum atomic E-state index is 5.80. The van der Waals surface area contributed by atoms with Gasteiger partial charge in [0.05, 0.1) is 17.4 Å². The highest BCUT2D eigenvalue weighted by Gasteiger charge is 2.19. The van der Waals surface area contributed by atoms with Crippen LogP contribution >= 0.6 is 0 Å². The van der Waals surface area contributed by atoms with Gasteiger partial charge in [0.25, 0.3) is 0 Å². The molecule has 19 heavy (non-hydrogen) atoms. The molecule has 1 atom stereocenters. The third-order valence-electron chi connectivity index (χ3n) is 3.44. The lowest BCUT2D eigenvalue weighted by Crippen LogP contribution is -2.31. The molecule has 1 heterocycles. The summed E-state index contributed by atoms with van der Waals surface area (Å²) < 4.78 is 2.00. The van der Waals surface area contributed by atoms with Gasteiger partial charge in [0.15, 0.2) is 0 Å². The first-order valence-corrected chi connectivity index (χ1v) is 6.64. The Labute approximate surface area is 114 Å². The number of aryl methyl sites for hydroxylation is 4. The van der Waals surface area contributed by atoms with Crippen LogP contribution in [0.3, 0.4) is 0 Å². The molecule has 2 aromatic rings. The topological polar surface area (TPSA) is 55.9 Å². The highest BCUT2D eigenvalue weighted by molar-refractivity contribution is 5.37. The number of hydrogen-bond acceptors (Lipinski definition) is 3. The van der Waals surface area contributed by atoms with Gasteiger partial charge in [-0.2, -0.15) is 5.10 Å². The maximum Gasteiger partial charge on any atom is 0.0881 e. The zero-order valence-corrected chi connectivity index (χ0v) is 12.1. The number of hydrazine groups is 1. The van der Waals surface area contributed by atoms with Crippen LogP contribution in [0.4, 0.5) is 0 Å². The summed E-state index contributed by atoms with van der Waals surface area (Å²) in [6, 6.07) is 8.50. The van der Waals surface area contributed by atoms with Gasteiger partial charge in [-0.1, -0.05) is 23.8 Å². The Bertz CT molecular complexity index is 572. The average molecular weight is 258 g/mol. The van der Waals surface area contributed by atoms with Gasteiger partial charge in [0, 0.05) is 6.54 Å². The van der Waals surface area contributed by atoms with Crippen molar-refractivity contribution in [2.45, 2.75) is 40.3 Å². The van der Waals surface area contributed by atoms with Crippen molar-refractivity contribution in [1.82, 2.24) is 15.2 Å². The quantitative estimate of drug-likeness (QED) is 0.654. The van der Waals surface area contributed by atoms with E-state index in [0.29, 0.717) is 0 Å². The third-order valence-corrected chi connectivity index (χ3v) is 3.44. The number of benzene rings is 1. The molecule has 4 nitrogen and oxygen atoms in total. The summed E-state index contributed by atoms with van der Waals surface area (Å²) in [6.07, 6.45) is 0. The van der Waals surface area contributed by atoms with Gasteiger partial charge < -0.3 is 0 Å². The van der Waals surface area contributed by atoms with E-state index in [-0.39, 0.29) is 6.04 Å². The fourth-order valence-corrected chi connectivity index (χ4v) is 2.46. The summed E-state index contributed by atoms with van der Waals surface area (Å²) in [7, 11) is 0. The molecule has 0 aliphatic heterocycles. The second-order valence-electron chi connectivity index (χ2n) is 4.99. The highest BCUT2D eigenvalue weighted by atomic mass is 15.3. The molecule has 102 valence electrons. The van der Waals surface area contributed by atoms with Crippen LogP contribution < -0.4 is 11.3 Å². The Morgan fingerprint density at radius 2 is 2.00 bits per heavy atom. The molecule has 0 aliphatic carbocycles. The highest BCUT2D eigenvalue weighted by Crippen LogP contribution is 2.25. The average Bonchev–Trinajstić information content (AvgIpc) is 2.76. The lowest BCUT2D eigenvalue weighted by molar-refractivity contribution is 0.540. The molecule has 1 aromatic heterocycles. The Morgan fingerprint density at radius 1 is 1.26 bits per heavy atom. The number of hydrogen-bond donors (Lipinski definition) is 2. The molecule has 0 saturated carbocycles. The fourth-order valence-electron chi connectivity index (χ4n) is 2.46. The van der Waals surface area contributed by atoms with Crippen LogP contribution in [0.25, 0.3) is 0 Å². The minimum absolute atomic E-state index is 0.0268. The van der Waals surface area contributed by atoms with Crippen molar-refractivity contribution in [1.29, 1.82) is 0 Å². The molecule has 0 bridgehead atoms. The van der Waals surface area contributed by atoms with Gasteiger partial charge in [-0.25, -0.2) is 5.43 Å². The molecule has 2 rings (SSSR count). The zero-order valence-electron chi connectivity index (χ0n) is 12.1. The van der Waals surface area contributed by atoms with Crippen LogP contribution in [-0.4, -0.2) is 9.78 Å². The Hall–Kier alpha value is -1.65. The van der Waals surface area contributed by atoms with Gasteiger partial charge in [-0.05, 0) is 44.9 Å². The number of nitrogens with two attached hydrogens (primary N) is 1. The molecule has 0 aliphatic rings.